The van der Waals surface area contributed by atoms with E-state index < -0.39 is 10.0 Å². The molecule has 6 heteroatoms. The zero-order valence-electron chi connectivity index (χ0n) is 13.7. The van der Waals surface area contributed by atoms with Gasteiger partial charge in [-0.15, -0.1) is 0 Å². The van der Waals surface area contributed by atoms with Crippen molar-refractivity contribution in [3.63, 3.8) is 0 Å². The topological polar surface area (TPSA) is 66.5 Å². The molecule has 1 amide bonds. The van der Waals surface area contributed by atoms with Crippen LogP contribution in [0.1, 0.15) is 12.0 Å². The van der Waals surface area contributed by atoms with Gasteiger partial charge in [0.05, 0.1) is 11.4 Å². The number of nitrogens with zero attached hydrogens (tertiary/aromatic N) is 1. The maximum Gasteiger partial charge on any atom is 0.243 e. The Morgan fingerprint density at radius 2 is 1.58 bits per heavy atom. The first-order valence-corrected chi connectivity index (χ1v) is 9.26. The van der Waals surface area contributed by atoms with Gasteiger partial charge in [-0.1, -0.05) is 48.5 Å². The van der Waals surface area contributed by atoms with Gasteiger partial charge < -0.3 is 5.32 Å². The van der Waals surface area contributed by atoms with Gasteiger partial charge in [0, 0.05) is 13.6 Å². The number of nitrogens with one attached hydrogen (secondary N) is 1. The van der Waals surface area contributed by atoms with E-state index in [1.165, 1.54) is 24.7 Å². The summed E-state index contributed by atoms with van der Waals surface area (Å²) in [6.45, 7) is 0.329. The molecule has 5 nitrogen and oxygen atoms in total. The predicted octanol–water partition coefficient (Wildman–Crippen LogP) is 2.06. The highest BCUT2D eigenvalue weighted by molar-refractivity contribution is 7.89. The summed E-state index contributed by atoms with van der Waals surface area (Å²) in [7, 11) is -2.23. The Morgan fingerprint density at radius 3 is 2.21 bits per heavy atom. The molecule has 2 aromatic carbocycles. The van der Waals surface area contributed by atoms with Crippen LogP contribution < -0.4 is 5.32 Å². The van der Waals surface area contributed by atoms with E-state index in [1.807, 2.05) is 30.3 Å². The van der Waals surface area contributed by atoms with Crippen LogP contribution in [0.5, 0.6) is 0 Å². The monoisotopic (exact) mass is 346 g/mol. The van der Waals surface area contributed by atoms with E-state index in [0.29, 0.717) is 6.54 Å². The lowest BCUT2D eigenvalue weighted by atomic mass is 10.1. The molecule has 0 saturated heterocycles. The summed E-state index contributed by atoms with van der Waals surface area (Å²) in [6, 6.07) is 18.1. The minimum atomic E-state index is -3.64. The Morgan fingerprint density at radius 1 is 1.00 bits per heavy atom. The maximum atomic E-state index is 12.3. The van der Waals surface area contributed by atoms with Crippen molar-refractivity contribution in [3.05, 3.63) is 66.2 Å². The fourth-order valence-electron chi connectivity index (χ4n) is 2.28. The van der Waals surface area contributed by atoms with Gasteiger partial charge in [0.15, 0.2) is 0 Å². The predicted molar refractivity (Wildman–Crippen MR) is 94.0 cm³/mol. The Kier molecular flexibility index (Phi) is 6.52. The van der Waals surface area contributed by atoms with Crippen molar-refractivity contribution in [2.24, 2.45) is 0 Å². The molecule has 0 aliphatic heterocycles. The minimum absolute atomic E-state index is 0.185. The zero-order chi connectivity index (χ0) is 17.4. The summed E-state index contributed by atoms with van der Waals surface area (Å²) in [4.78, 5) is 12.1. The summed E-state index contributed by atoms with van der Waals surface area (Å²) >= 11 is 0. The standard InChI is InChI=1S/C18H22N2O3S/c1-20(24(22,23)17-12-6-3-7-13-17)15-18(21)19-14-8-11-16-9-4-2-5-10-16/h2-7,9-10,12-13H,8,11,14-15H2,1H3,(H,19,21). The summed E-state index contributed by atoms with van der Waals surface area (Å²) in [5.74, 6) is -0.301. The van der Waals surface area contributed by atoms with Crippen molar-refractivity contribution < 1.29 is 13.2 Å². The molecule has 0 aliphatic carbocycles. The average molecular weight is 346 g/mol. The normalized spacial score (nSPS) is 11.4. The van der Waals surface area contributed by atoms with E-state index in [1.54, 1.807) is 18.2 Å². The van der Waals surface area contributed by atoms with Gasteiger partial charge in [0.1, 0.15) is 0 Å². The summed E-state index contributed by atoms with van der Waals surface area (Å²) < 4.78 is 25.7. The molecule has 1 N–H and O–H groups in total. The van der Waals surface area contributed by atoms with Gasteiger partial charge in [0.25, 0.3) is 0 Å². The molecule has 0 fully saturated rings. The van der Waals surface area contributed by atoms with E-state index in [9.17, 15) is 13.2 Å². The van der Waals surface area contributed by atoms with Gasteiger partial charge in [0.2, 0.25) is 15.9 Å². The maximum absolute atomic E-state index is 12.3. The number of benzene rings is 2. The van der Waals surface area contributed by atoms with Crippen molar-refractivity contribution >= 4 is 15.9 Å². The first kappa shape index (κ1) is 18.2. The molecule has 0 aromatic heterocycles. The summed E-state index contributed by atoms with van der Waals surface area (Å²) in [5.41, 5.74) is 1.22. The second kappa shape index (κ2) is 8.61. The summed E-state index contributed by atoms with van der Waals surface area (Å²) in [6.07, 6.45) is 1.68. The second-order valence-electron chi connectivity index (χ2n) is 5.51. The highest BCUT2D eigenvalue weighted by atomic mass is 32.2. The first-order valence-electron chi connectivity index (χ1n) is 7.82. The third-order valence-corrected chi connectivity index (χ3v) is 5.44. The fourth-order valence-corrected chi connectivity index (χ4v) is 3.43. The van der Waals surface area contributed by atoms with Crippen LogP contribution in [0.25, 0.3) is 0 Å². The van der Waals surface area contributed by atoms with E-state index in [4.69, 9.17) is 0 Å². The number of aryl methyl sites for hydroxylation is 1. The number of likely N-dealkylation sites (N-methyl/N-ethyl adjacent to an activating group) is 1. The smallest absolute Gasteiger partial charge is 0.243 e. The van der Waals surface area contributed by atoms with Crippen molar-refractivity contribution in [3.8, 4) is 0 Å². The van der Waals surface area contributed by atoms with Gasteiger partial charge in [-0.05, 0) is 30.5 Å². The Hall–Kier alpha value is -2.18. The van der Waals surface area contributed by atoms with Gasteiger partial charge in [-0.2, -0.15) is 4.31 Å². The number of sulfonamides is 1. The molecule has 0 atom stereocenters. The number of amides is 1. The Bertz CT molecular complexity index is 746. The highest BCUT2D eigenvalue weighted by Crippen LogP contribution is 2.12. The number of rotatable bonds is 8. The van der Waals surface area contributed by atoms with Crippen LogP contribution in [0.4, 0.5) is 0 Å². The van der Waals surface area contributed by atoms with Crippen LogP contribution >= 0.6 is 0 Å². The Balaban J connectivity index is 1.77. The lowest BCUT2D eigenvalue weighted by Crippen LogP contribution is -2.38. The van der Waals surface area contributed by atoms with Gasteiger partial charge in [-0.25, -0.2) is 8.42 Å². The van der Waals surface area contributed by atoms with E-state index in [2.05, 4.69) is 5.32 Å². The van der Waals surface area contributed by atoms with E-state index >= 15 is 0 Å². The molecule has 0 saturated carbocycles. The first-order chi connectivity index (χ1) is 11.5. The largest absolute Gasteiger partial charge is 0.355 e. The number of carbonyl (C=O) groups is 1. The van der Waals surface area contributed by atoms with Gasteiger partial charge >= 0.3 is 0 Å². The van der Waals surface area contributed by atoms with Crippen molar-refractivity contribution in [2.45, 2.75) is 17.7 Å². The number of hydrogen-bond acceptors (Lipinski definition) is 3. The number of hydrogen-bond donors (Lipinski definition) is 1. The van der Waals surface area contributed by atoms with Crippen LogP contribution in [0.2, 0.25) is 0 Å². The van der Waals surface area contributed by atoms with Crippen molar-refractivity contribution in [2.75, 3.05) is 20.1 Å². The van der Waals surface area contributed by atoms with E-state index in [-0.39, 0.29) is 17.3 Å². The lowest BCUT2D eigenvalue weighted by molar-refractivity contribution is -0.121. The molecule has 0 unspecified atom stereocenters. The van der Waals surface area contributed by atoms with Crippen LogP contribution in [0.15, 0.2) is 65.6 Å². The molecule has 2 rings (SSSR count). The minimum Gasteiger partial charge on any atom is -0.355 e. The molecular formula is C18H22N2O3S. The molecule has 2 aromatic rings. The van der Waals surface area contributed by atoms with E-state index in [0.717, 1.165) is 17.1 Å². The lowest BCUT2D eigenvalue weighted by Gasteiger charge is -2.16. The number of carbonyl (C=O) groups excluding carboxylic acids is 1. The molecule has 0 aliphatic rings. The molecule has 0 radical (unpaired) electrons. The van der Waals surface area contributed by atoms with Crippen LogP contribution in [0.3, 0.4) is 0 Å². The molecule has 0 spiro atoms. The Labute approximate surface area is 143 Å². The third kappa shape index (κ3) is 5.18. The van der Waals surface area contributed by atoms with Gasteiger partial charge in [-0.3, -0.25) is 4.79 Å². The average Bonchev–Trinajstić information content (AvgIpc) is 2.60. The quantitative estimate of drug-likeness (QED) is 0.744. The van der Waals surface area contributed by atoms with Crippen molar-refractivity contribution in [1.29, 1.82) is 0 Å². The summed E-state index contributed by atoms with van der Waals surface area (Å²) in [5, 5.41) is 2.76. The fraction of sp³-hybridized carbons (Fsp3) is 0.278. The third-order valence-electron chi connectivity index (χ3n) is 3.62. The molecule has 0 bridgehead atoms. The van der Waals surface area contributed by atoms with Crippen molar-refractivity contribution in [1.82, 2.24) is 9.62 Å². The van der Waals surface area contributed by atoms with Crippen LogP contribution in [-0.4, -0.2) is 38.8 Å². The SMILES string of the molecule is CN(CC(=O)NCCCc1ccccc1)S(=O)(=O)c1ccccc1. The van der Waals surface area contributed by atoms with Crippen LogP contribution in [0, 0.1) is 0 Å². The molecule has 0 heterocycles. The second-order valence-corrected chi connectivity index (χ2v) is 7.56. The zero-order valence-corrected chi connectivity index (χ0v) is 14.5. The van der Waals surface area contributed by atoms with Crippen LogP contribution in [-0.2, 0) is 21.2 Å². The molecular weight excluding hydrogens is 324 g/mol. The highest BCUT2D eigenvalue weighted by Gasteiger charge is 2.22. The molecule has 128 valence electrons. The molecule has 24 heavy (non-hydrogen) atoms.